The molecule has 0 atom stereocenters. The van der Waals surface area contributed by atoms with Gasteiger partial charge in [0.2, 0.25) is 0 Å². The summed E-state index contributed by atoms with van der Waals surface area (Å²) in [6, 6.07) is 12.7. The number of nitrogens with one attached hydrogen (secondary N) is 1. The average molecular weight is 266 g/mol. The number of aryl methyl sites for hydroxylation is 2. The molecule has 0 aliphatic carbocycles. The molecule has 20 heavy (non-hydrogen) atoms. The van der Waals surface area contributed by atoms with E-state index < -0.39 is 5.69 Å². The molecule has 2 aromatic carbocycles. The van der Waals surface area contributed by atoms with Crippen LogP contribution in [0.25, 0.3) is 16.6 Å². The van der Waals surface area contributed by atoms with E-state index in [4.69, 9.17) is 0 Å². The fourth-order valence-electron chi connectivity index (χ4n) is 2.32. The number of hydrogen-bond donors (Lipinski definition) is 1. The minimum Gasteiger partial charge on any atom is -0.306 e. The molecule has 0 fully saturated rings. The third kappa shape index (κ3) is 1.86. The van der Waals surface area contributed by atoms with E-state index in [1.54, 1.807) is 18.2 Å². The van der Waals surface area contributed by atoms with Crippen molar-refractivity contribution in [2.75, 3.05) is 0 Å². The molecule has 0 aliphatic heterocycles. The number of H-pyrrole nitrogens is 1. The van der Waals surface area contributed by atoms with E-state index in [-0.39, 0.29) is 5.56 Å². The van der Waals surface area contributed by atoms with Crippen LogP contribution in [0.5, 0.6) is 0 Å². The van der Waals surface area contributed by atoms with Gasteiger partial charge in [-0.05, 0) is 37.6 Å². The number of aromatic amines is 1. The molecule has 4 heteroatoms. The van der Waals surface area contributed by atoms with Gasteiger partial charge in [-0.1, -0.05) is 29.8 Å². The zero-order valence-corrected chi connectivity index (χ0v) is 11.3. The molecule has 0 bridgehead atoms. The Hall–Kier alpha value is -2.62. The highest BCUT2D eigenvalue weighted by Gasteiger charge is 2.10. The van der Waals surface area contributed by atoms with E-state index in [1.807, 2.05) is 38.1 Å². The predicted octanol–water partition coefficient (Wildman–Crippen LogP) is 2.30. The van der Waals surface area contributed by atoms with Crippen LogP contribution in [-0.2, 0) is 0 Å². The van der Waals surface area contributed by atoms with Gasteiger partial charge in [-0.25, -0.2) is 9.36 Å². The largest absolute Gasteiger partial charge is 0.333 e. The van der Waals surface area contributed by atoms with Crippen LogP contribution in [0.2, 0.25) is 0 Å². The van der Waals surface area contributed by atoms with Crippen LogP contribution in [0.1, 0.15) is 11.1 Å². The van der Waals surface area contributed by atoms with Gasteiger partial charge < -0.3 is 4.98 Å². The Balaban J connectivity index is 2.41. The lowest BCUT2D eigenvalue weighted by Gasteiger charge is -2.08. The van der Waals surface area contributed by atoms with Crippen LogP contribution < -0.4 is 11.2 Å². The molecular weight excluding hydrogens is 252 g/mol. The molecule has 0 spiro atoms. The van der Waals surface area contributed by atoms with Crippen molar-refractivity contribution >= 4 is 10.9 Å². The maximum Gasteiger partial charge on any atom is 0.333 e. The number of fused-ring (bicyclic) bond motifs is 1. The van der Waals surface area contributed by atoms with Gasteiger partial charge in [-0.15, -0.1) is 0 Å². The standard InChI is InChI=1S/C16H14N2O2/c1-10-6-8-12(9-7-10)18-15(19)13-5-3-4-11(2)14(13)17-16(18)20/h3-9H,1-2H3,(H,17,20). The molecule has 1 N–H and O–H groups in total. The molecule has 100 valence electrons. The van der Waals surface area contributed by atoms with Crippen molar-refractivity contribution in [1.29, 1.82) is 0 Å². The van der Waals surface area contributed by atoms with E-state index in [9.17, 15) is 9.59 Å². The molecule has 4 nitrogen and oxygen atoms in total. The fourth-order valence-corrected chi connectivity index (χ4v) is 2.32. The first-order valence-electron chi connectivity index (χ1n) is 6.39. The molecule has 0 radical (unpaired) electrons. The van der Waals surface area contributed by atoms with Crippen LogP contribution in [0.4, 0.5) is 0 Å². The van der Waals surface area contributed by atoms with Crippen LogP contribution in [0.15, 0.2) is 52.1 Å². The van der Waals surface area contributed by atoms with E-state index in [2.05, 4.69) is 4.98 Å². The summed E-state index contributed by atoms with van der Waals surface area (Å²) in [7, 11) is 0. The molecule has 3 rings (SSSR count). The summed E-state index contributed by atoms with van der Waals surface area (Å²) in [5.41, 5.74) is 2.43. The van der Waals surface area contributed by atoms with Crippen molar-refractivity contribution in [2.45, 2.75) is 13.8 Å². The molecule has 3 aromatic rings. The molecule has 0 saturated carbocycles. The molecule has 1 heterocycles. The first-order valence-corrected chi connectivity index (χ1v) is 6.39. The van der Waals surface area contributed by atoms with Crippen LogP contribution >= 0.6 is 0 Å². The quantitative estimate of drug-likeness (QED) is 0.734. The highest BCUT2D eigenvalue weighted by molar-refractivity contribution is 5.80. The summed E-state index contributed by atoms with van der Waals surface area (Å²) in [6.45, 7) is 3.83. The van der Waals surface area contributed by atoms with Gasteiger partial charge >= 0.3 is 5.69 Å². The smallest absolute Gasteiger partial charge is 0.306 e. The van der Waals surface area contributed by atoms with Crippen molar-refractivity contribution in [1.82, 2.24) is 9.55 Å². The number of nitrogens with zero attached hydrogens (tertiary/aromatic N) is 1. The highest BCUT2D eigenvalue weighted by atomic mass is 16.2. The number of para-hydroxylation sites is 1. The summed E-state index contributed by atoms with van der Waals surface area (Å²) in [5, 5.41) is 0.519. The van der Waals surface area contributed by atoms with E-state index in [0.717, 1.165) is 11.1 Å². The molecule has 0 unspecified atom stereocenters. The lowest BCUT2D eigenvalue weighted by atomic mass is 10.1. The summed E-state index contributed by atoms with van der Waals surface area (Å²) in [5.74, 6) is 0. The van der Waals surface area contributed by atoms with E-state index in [1.165, 1.54) is 4.57 Å². The second kappa shape index (κ2) is 4.49. The Kier molecular flexibility index (Phi) is 2.79. The maximum absolute atomic E-state index is 12.5. The van der Waals surface area contributed by atoms with Crippen molar-refractivity contribution < 1.29 is 0 Å². The molecule has 0 saturated heterocycles. The lowest BCUT2D eigenvalue weighted by molar-refractivity contribution is 0.899. The maximum atomic E-state index is 12.5. The predicted molar refractivity (Wildman–Crippen MR) is 79.6 cm³/mol. The summed E-state index contributed by atoms with van der Waals surface area (Å²) < 4.78 is 1.17. The van der Waals surface area contributed by atoms with Crippen molar-refractivity contribution in [3.05, 3.63) is 74.4 Å². The van der Waals surface area contributed by atoms with Gasteiger partial charge in [0.15, 0.2) is 0 Å². The van der Waals surface area contributed by atoms with Gasteiger partial charge in [0.1, 0.15) is 0 Å². The summed E-state index contributed by atoms with van der Waals surface area (Å²) in [6.07, 6.45) is 0. The third-order valence-corrected chi connectivity index (χ3v) is 3.43. The van der Waals surface area contributed by atoms with Gasteiger partial charge in [0.05, 0.1) is 16.6 Å². The minimum absolute atomic E-state index is 0.295. The average Bonchev–Trinajstić information content (AvgIpc) is 2.42. The second-order valence-corrected chi connectivity index (χ2v) is 4.90. The summed E-state index contributed by atoms with van der Waals surface area (Å²) >= 11 is 0. The van der Waals surface area contributed by atoms with E-state index in [0.29, 0.717) is 16.6 Å². The van der Waals surface area contributed by atoms with Gasteiger partial charge in [0, 0.05) is 0 Å². The first kappa shape index (κ1) is 12.4. The topological polar surface area (TPSA) is 54.9 Å². The Labute approximate surface area is 115 Å². The second-order valence-electron chi connectivity index (χ2n) is 4.90. The van der Waals surface area contributed by atoms with Crippen molar-refractivity contribution in [3.63, 3.8) is 0 Å². The van der Waals surface area contributed by atoms with Crippen LogP contribution in [0.3, 0.4) is 0 Å². The third-order valence-electron chi connectivity index (χ3n) is 3.43. The van der Waals surface area contributed by atoms with Crippen molar-refractivity contribution in [3.8, 4) is 5.69 Å². The Bertz CT molecular complexity index is 902. The van der Waals surface area contributed by atoms with Gasteiger partial charge in [0.25, 0.3) is 5.56 Å². The normalized spacial score (nSPS) is 10.9. The molecule has 0 aliphatic rings. The van der Waals surface area contributed by atoms with Crippen LogP contribution in [-0.4, -0.2) is 9.55 Å². The zero-order valence-electron chi connectivity index (χ0n) is 11.3. The van der Waals surface area contributed by atoms with Crippen molar-refractivity contribution in [2.24, 2.45) is 0 Å². The SMILES string of the molecule is Cc1ccc(-n2c(=O)[nH]c3c(C)cccc3c2=O)cc1. The highest BCUT2D eigenvalue weighted by Crippen LogP contribution is 2.12. The Morgan fingerprint density at radius 1 is 0.950 bits per heavy atom. The van der Waals surface area contributed by atoms with Crippen LogP contribution in [0, 0.1) is 13.8 Å². The Morgan fingerprint density at radius 3 is 2.35 bits per heavy atom. The summed E-state index contributed by atoms with van der Waals surface area (Å²) in [4.78, 5) is 27.5. The zero-order chi connectivity index (χ0) is 14.3. The molecule has 1 aromatic heterocycles. The first-order chi connectivity index (χ1) is 9.58. The number of rotatable bonds is 1. The minimum atomic E-state index is -0.416. The molecular formula is C16H14N2O2. The number of aromatic nitrogens is 2. The number of benzene rings is 2. The fraction of sp³-hybridized carbons (Fsp3) is 0.125. The Morgan fingerprint density at radius 2 is 1.65 bits per heavy atom. The van der Waals surface area contributed by atoms with Gasteiger partial charge in [-0.2, -0.15) is 0 Å². The monoisotopic (exact) mass is 266 g/mol. The van der Waals surface area contributed by atoms with E-state index >= 15 is 0 Å². The lowest BCUT2D eigenvalue weighted by Crippen LogP contribution is -2.33. The van der Waals surface area contributed by atoms with Gasteiger partial charge in [-0.3, -0.25) is 4.79 Å². The number of hydrogen-bond acceptors (Lipinski definition) is 2. The molecule has 0 amide bonds.